The van der Waals surface area contributed by atoms with Crippen LogP contribution in [0.25, 0.3) is 0 Å². The van der Waals surface area contributed by atoms with E-state index in [1.54, 1.807) is 7.05 Å². The number of carbonyl (C=O) groups is 1. The molecule has 0 aliphatic rings. The second kappa shape index (κ2) is 3.74. The molecule has 0 unspecified atom stereocenters. The highest BCUT2D eigenvalue weighted by Crippen LogP contribution is 2.16. The monoisotopic (exact) mass is 200 g/mol. The Morgan fingerprint density at radius 1 is 1.69 bits per heavy atom. The average molecular weight is 200 g/mol. The normalized spacial score (nSPS) is 10.3. The molecule has 0 spiro atoms. The minimum absolute atomic E-state index is 0.0996. The summed E-state index contributed by atoms with van der Waals surface area (Å²) in [6.45, 7) is 1.52. The minimum Gasteiger partial charge on any atom is -0.493 e. The third kappa shape index (κ3) is 2.18. The van der Waals surface area contributed by atoms with Gasteiger partial charge < -0.3 is 14.9 Å². The Labute approximate surface area is 81.2 Å². The van der Waals surface area contributed by atoms with Gasteiger partial charge in [0.25, 0.3) is 0 Å². The van der Waals surface area contributed by atoms with Crippen LogP contribution >= 0.6 is 12.2 Å². The molecule has 0 saturated heterocycles. The Morgan fingerprint density at radius 3 is 2.69 bits per heavy atom. The van der Waals surface area contributed by atoms with Crippen LogP contribution in [0.4, 0.5) is 0 Å². The number of hydrogen-bond acceptors (Lipinski definition) is 3. The lowest BCUT2D eigenvalue weighted by Crippen LogP contribution is -1.94. The largest absolute Gasteiger partial charge is 0.493 e. The number of carbonyl (C=O) groups excluding carboxylic acids is 1. The fourth-order valence-electron chi connectivity index (χ4n) is 1.04. The van der Waals surface area contributed by atoms with E-state index in [2.05, 4.69) is 4.98 Å². The molecule has 1 heterocycles. The number of Topliss-reactive ketones (excluding diaryl/α,β-unsaturated/α-hetero) is 1. The lowest BCUT2D eigenvalue weighted by molar-refractivity contribution is -0.116. The lowest BCUT2D eigenvalue weighted by atomic mass is 10.2. The average Bonchev–Trinajstić information content (AvgIpc) is 2.29. The van der Waals surface area contributed by atoms with Crippen LogP contribution in [-0.4, -0.2) is 20.4 Å². The SMILES string of the molecule is CC(=O)CCc1[nH]c(=S)n(C)c1O. The summed E-state index contributed by atoms with van der Waals surface area (Å²) in [4.78, 5) is 13.5. The Hall–Kier alpha value is -1.10. The van der Waals surface area contributed by atoms with E-state index in [-0.39, 0.29) is 11.7 Å². The fraction of sp³-hybridized carbons (Fsp3) is 0.500. The molecule has 1 aromatic heterocycles. The lowest BCUT2D eigenvalue weighted by Gasteiger charge is -1.96. The summed E-state index contributed by atoms with van der Waals surface area (Å²) in [5.41, 5.74) is 0.628. The van der Waals surface area contributed by atoms with Crippen LogP contribution in [0.5, 0.6) is 5.88 Å². The van der Waals surface area contributed by atoms with E-state index >= 15 is 0 Å². The van der Waals surface area contributed by atoms with E-state index in [1.165, 1.54) is 11.5 Å². The number of nitrogens with one attached hydrogen (secondary N) is 1. The van der Waals surface area contributed by atoms with E-state index in [0.717, 1.165) is 0 Å². The number of nitrogens with zero attached hydrogens (tertiary/aromatic N) is 1. The number of hydrogen-bond donors (Lipinski definition) is 2. The highest BCUT2D eigenvalue weighted by Gasteiger charge is 2.08. The molecular formula is C8H12N2O2S. The quantitative estimate of drug-likeness (QED) is 0.723. The van der Waals surface area contributed by atoms with Crippen LogP contribution in [-0.2, 0) is 18.3 Å². The molecule has 0 aliphatic carbocycles. The summed E-state index contributed by atoms with van der Waals surface area (Å²) >= 11 is 4.90. The number of H-pyrrole nitrogens is 1. The van der Waals surface area contributed by atoms with Gasteiger partial charge >= 0.3 is 0 Å². The van der Waals surface area contributed by atoms with Gasteiger partial charge in [-0.2, -0.15) is 0 Å². The Balaban J connectivity index is 2.84. The molecule has 1 aromatic rings. The zero-order valence-corrected chi connectivity index (χ0v) is 8.44. The van der Waals surface area contributed by atoms with Crippen molar-refractivity contribution in [3.63, 3.8) is 0 Å². The zero-order valence-electron chi connectivity index (χ0n) is 7.63. The number of imidazole rings is 1. The van der Waals surface area contributed by atoms with Crippen molar-refractivity contribution in [2.24, 2.45) is 7.05 Å². The molecule has 0 amide bonds. The Bertz CT molecular complexity index is 378. The molecule has 0 aliphatic heterocycles. The molecule has 0 radical (unpaired) electrons. The summed E-state index contributed by atoms with van der Waals surface area (Å²) in [7, 11) is 1.67. The summed E-state index contributed by atoms with van der Waals surface area (Å²) < 4.78 is 1.95. The first kappa shape index (κ1) is 9.98. The maximum absolute atomic E-state index is 10.7. The van der Waals surface area contributed by atoms with Gasteiger partial charge in [0.1, 0.15) is 5.78 Å². The maximum atomic E-state index is 10.7. The smallest absolute Gasteiger partial charge is 0.213 e. The molecule has 0 fully saturated rings. The highest BCUT2D eigenvalue weighted by atomic mass is 32.1. The molecule has 2 N–H and O–H groups in total. The first-order valence-electron chi connectivity index (χ1n) is 3.98. The van der Waals surface area contributed by atoms with Crippen LogP contribution in [0, 0.1) is 4.77 Å². The number of aromatic hydroxyl groups is 1. The van der Waals surface area contributed by atoms with Crippen molar-refractivity contribution in [2.45, 2.75) is 19.8 Å². The van der Waals surface area contributed by atoms with Crippen molar-refractivity contribution in [1.29, 1.82) is 0 Å². The Morgan fingerprint density at radius 2 is 2.31 bits per heavy atom. The summed E-state index contributed by atoms with van der Waals surface area (Å²) in [5.74, 6) is 0.217. The van der Waals surface area contributed by atoms with Crippen LogP contribution in [0.1, 0.15) is 19.0 Å². The van der Waals surface area contributed by atoms with E-state index < -0.39 is 0 Å². The predicted molar refractivity (Wildman–Crippen MR) is 51.3 cm³/mol. The van der Waals surface area contributed by atoms with Gasteiger partial charge in [-0.1, -0.05) is 0 Å². The molecule has 5 heteroatoms. The van der Waals surface area contributed by atoms with Gasteiger partial charge in [-0.25, -0.2) is 0 Å². The molecule has 0 saturated carbocycles. The van der Waals surface area contributed by atoms with Crippen molar-refractivity contribution in [1.82, 2.24) is 9.55 Å². The van der Waals surface area contributed by atoms with Gasteiger partial charge in [-0.15, -0.1) is 0 Å². The van der Waals surface area contributed by atoms with E-state index in [0.29, 0.717) is 23.3 Å². The first-order chi connectivity index (χ1) is 6.02. The summed E-state index contributed by atoms with van der Waals surface area (Å²) in [5, 5.41) is 9.49. The predicted octanol–water partition coefficient (Wildman–Crippen LogP) is 1.31. The van der Waals surface area contributed by atoms with Crippen LogP contribution < -0.4 is 0 Å². The highest BCUT2D eigenvalue weighted by molar-refractivity contribution is 7.71. The van der Waals surface area contributed by atoms with Crippen molar-refractivity contribution in [2.75, 3.05) is 0 Å². The van der Waals surface area contributed by atoms with Gasteiger partial charge in [0.15, 0.2) is 4.77 Å². The number of ketones is 1. The van der Waals surface area contributed by atoms with E-state index in [1.807, 2.05) is 0 Å². The molecular weight excluding hydrogens is 188 g/mol. The van der Waals surface area contributed by atoms with Gasteiger partial charge in [-0.05, 0) is 25.6 Å². The molecule has 72 valence electrons. The zero-order chi connectivity index (χ0) is 10.0. The summed E-state index contributed by atoms with van der Waals surface area (Å²) in [6, 6.07) is 0. The minimum atomic E-state index is 0.0996. The fourth-order valence-corrected chi connectivity index (χ4v) is 1.25. The molecule has 0 atom stereocenters. The molecule has 0 aromatic carbocycles. The second-order valence-electron chi connectivity index (χ2n) is 2.99. The van der Waals surface area contributed by atoms with Crippen LogP contribution in [0.3, 0.4) is 0 Å². The Kier molecular flexibility index (Phi) is 2.87. The van der Waals surface area contributed by atoms with Crippen LogP contribution in [0.2, 0.25) is 0 Å². The third-order valence-corrected chi connectivity index (χ3v) is 2.25. The number of rotatable bonds is 3. The van der Waals surface area contributed by atoms with Crippen LogP contribution in [0.15, 0.2) is 0 Å². The number of aromatic nitrogens is 2. The van der Waals surface area contributed by atoms with Crippen molar-refractivity contribution < 1.29 is 9.90 Å². The summed E-state index contributed by atoms with van der Waals surface area (Å²) in [6.07, 6.45) is 0.925. The first-order valence-corrected chi connectivity index (χ1v) is 4.39. The van der Waals surface area contributed by atoms with Crippen molar-refractivity contribution in [3.8, 4) is 5.88 Å². The van der Waals surface area contributed by atoms with Crippen molar-refractivity contribution >= 4 is 18.0 Å². The standard InChI is InChI=1S/C8H12N2O2S/c1-5(11)3-4-6-7(12)10(2)8(13)9-6/h12H,3-4H2,1-2H3,(H,9,13). The molecule has 0 bridgehead atoms. The van der Waals surface area contributed by atoms with Gasteiger partial charge in [0, 0.05) is 13.5 Å². The molecule has 4 nitrogen and oxygen atoms in total. The second-order valence-corrected chi connectivity index (χ2v) is 3.38. The number of aryl methyl sites for hydroxylation is 1. The molecule has 1 rings (SSSR count). The van der Waals surface area contributed by atoms with Gasteiger partial charge in [-0.3, -0.25) is 4.57 Å². The molecule has 13 heavy (non-hydrogen) atoms. The van der Waals surface area contributed by atoms with Gasteiger partial charge in [0.05, 0.1) is 5.69 Å². The third-order valence-electron chi connectivity index (χ3n) is 1.88. The van der Waals surface area contributed by atoms with E-state index in [9.17, 15) is 9.90 Å². The number of aromatic amines is 1. The van der Waals surface area contributed by atoms with Gasteiger partial charge in [0.2, 0.25) is 5.88 Å². The topological polar surface area (TPSA) is 58.0 Å². The maximum Gasteiger partial charge on any atom is 0.213 e. The van der Waals surface area contributed by atoms with E-state index in [4.69, 9.17) is 12.2 Å². The van der Waals surface area contributed by atoms with Crippen molar-refractivity contribution in [3.05, 3.63) is 10.5 Å².